The molecule has 1 aliphatic heterocycles. The summed E-state index contributed by atoms with van der Waals surface area (Å²) in [4.78, 5) is 6.97. The summed E-state index contributed by atoms with van der Waals surface area (Å²) >= 11 is 0. The quantitative estimate of drug-likeness (QED) is 0.873. The number of anilines is 1. The van der Waals surface area contributed by atoms with Gasteiger partial charge in [0.15, 0.2) is 0 Å². The SMILES string of the molecule is Cc1nc(N)ccc1[C@@H]1CCCN1CC(C)C. The summed E-state index contributed by atoms with van der Waals surface area (Å²) in [5, 5.41) is 0. The van der Waals surface area contributed by atoms with Crippen LogP contribution in [0.15, 0.2) is 12.1 Å². The summed E-state index contributed by atoms with van der Waals surface area (Å²) in [5.74, 6) is 1.34. The molecule has 1 fully saturated rings. The van der Waals surface area contributed by atoms with Crippen LogP contribution in [0.4, 0.5) is 5.82 Å². The third-order valence-corrected chi connectivity index (χ3v) is 3.47. The molecule has 0 aromatic carbocycles. The maximum atomic E-state index is 5.72. The standard InChI is InChI=1S/C14H23N3/c1-10(2)9-17-8-4-5-13(17)12-6-7-14(15)16-11(12)3/h6-7,10,13H,4-5,8-9H2,1-3H3,(H2,15,16)/t13-/m0/s1. The fourth-order valence-corrected chi connectivity index (χ4v) is 2.81. The highest BCUT2D eigenvalue weighted by Crippen LogP contribution is 2.33. The number of rotatable bonds is 3. The van der Waals surface area contributed by atoms with E-state index in [-0.39, 0.29) is 0 Å². The minimum absolute atomic E-state index is 0.547. The van der Waals surface area contributed by atoms with Crippen molar-refractivity contribution in [3.8, 4) is 0 Å². The molecule has 0 unspecified atom stereocenters. The maximum absolute atomic E-state index is 5.72. The number of pyridine rings is 1. The number of hydrogen-bond acceptors (Lipinski definition) is 3. The molecule has 94 valence electrons. The van der Waals surface area contributed by atoms with Gasteiger partial charge in [-0.2, -0.15) is 0 Å². The van der Waals surface area contributed by atoms with E-state index in [1.165, 1.54) is 31.5 Å². The molecule has 0 bridgehead atoms. The highest BCUT2D eigenvalue weighted by Gasteiger charge is 2.27. The predicted molar refractivity (Wildman–Crippen MR) is 71.8 cm³/mol. The van der Waals surface area contributed by atoms with Gasteiger partial charge in [-0.1, -0.05) is 19.9 Å². The van der Waals surface area contributed by atoms with Crippen LogP contribution in [0.5, 0.6) is 0 Å². The summed E-state index contributed by atoms with van der Waals surface area (Å²) in [6.07, 6.45) is 2.54. The number of nitrogen functional groups attached to an aromatic ring is 1. The summed E-state index contributed by atoms with van der Waals surface area (Å²) < 4.78 is 0. The Labute approximate surface area is 104 Å². The molecule has 0 radical (unpaired) electrons. The van der Waals surface area contributed by atoms with Crippen LogP contribution in [0.1, 0.15) is 44.0 Å². The van der Waals surface area contributed by atoms with Gasteiger partial charge < -0.3 is 5.73 Å². The van der Waals surface area contributed by atoms with Gasteiger partial charge in [0.05, 0.1) is 0 Å². The number of likely N-dealkylation sites (tertiary alicyclic amines) is 1. The number of nitrogens with two attached hydrogens (primary N) is 1. The van der Waals surface area contributed by atoms with Crippen molar-refractivity contribution in [2.75, 3.05) is 18.8 Å². The Kier molecular flexibility index (Phi) is 3.67. The Bertz CT molecular complexity index is 387. The molecule has 2 heterocycles. The Morgan fingerprint density at radius 3 is 2.88 bits per heavy atom. The topological polar surface area (TPSA) is 42.1 Å². The summed E-state index contributed by atoms with van der Waals surface area (Å²) in [5.41, 5.74) is 8.16. The van der Waals surface area contributed by atoms with Gasteiger partial charge >= 0.3 is 0 Å². The third kappa shape index (κ3) is 2.78. The first-order valence-electron chi connectivity index (χ1n) is 6.55. The van der Waals surface area contributed by atoms with Gasteiger partial charge in [-0.3, -0.25) is 4.90 Å². The van der Waals surface area contributed by atoms with Crippen LogP contribution in [0.2, 0.25) is 0 Å². The molecular weight excluding hydrogens is 210 g/mol. The fourth-order valence-electron chi connectivity index (χ4n) is 2.81. The molecule has 1 atom stereocenters. The van der Waals surface area contributed by atoms with Crippen molar-refractivity contribution in [3.05, 3.63) is 23.4 Å². The van der Waals surface area contributed by atoms with E-state index in [9.17, 15) is 0 Å². The zero-order valence-corrected chi connectivity index (χ0v) is 11.1. The van der Waals surface area contributed by atoms with E-state index in [0.717, 1.165) is 11.6 Å². The normalized spacial score (nSPS) is 21.3. The highest BCUT2D eigenvalue weighted by molar-refractivity contribution is 5.35. The minimum atomic E-state index is 0.547. The summed E-state index contributed by atoms with van der Waals surface area (Å²) in [6, 6.07) is 4.63. The lowest BCUT2D eigenvalue weighted by Gasteiger charge is -2.27. The Morgan fingerprint density at radius 1 is 1.47 bits per heavy atom. The molecule has 1 aliphatic rings. The summed E-state index contributed by atoms with van der Waals surface area (Å²) in [6.45, 7) is 9.02. The Morgan fingerprint density at radius 2 is 2.24 bits per heavy atom. The monoisotopic (exact) mass is 233 g/mol. The smallest absolute Gasteiger partial charge is 0.123 e. The van der Waals surface area contributed by atoms with Crippen molar-refractivity contribution in [2.24, 2.45) is 5.92 Å². The Hall–Kier alpha value is -1.09. The van der Waals surface area contributed by atoms with Gasteiger partial charge in [-0.25, -0.2) is 4.98 Å². The molecule has 3 heteroatoms. The van der Waals surface area contributed by atoms with Crippen molar-refractivity contribution in [1.82, 2.24) is 9.88 Å². The molecule has 1 aromatic rings. The van der Waals surface area contributed by atoms with E-state index >= 15 is 0 Å². The van der Waals surface area contributed by atoms with E-state index in [2.05, 4.69) is 36.7 Å². The first-order chi connectivity index (χ1) is 8.08. The molecule has 0 amide bonds. The minimum Gasteiger partial charge on any atom is -0.384 e. The molecule has 0 spiro atoms. The number of hydrogen-bond donors (Lipinski definition) is 1. The van der Waals surface area contributed by atoms with Crippen molar-refractivity contribution in [2.45, 2.75) is 39.7 Å². The average molecular weight is 233 g/mol. The number of aryl methyl sites for hydroxylation is 1. The molecule has 3 nitrogen and oxygen atoms in total. The van der Waals surface area contributed by atoms with Crippen LogP contribution in [0.25, 0.3) is 0 Å². The number of aromatic nitrogens is 1. The zero-order chi connectivity index (χ0) is 12.4. The fraction of sp³-hybridized carbons (Fsp3) is 0.643. The number of nitrogens with zero attached hydrogens (tertiary/aromatic N) is 2. The second-order valence-corrected chi connectivity index (χ2v) is 5.46. The van der Waals surface area contributed by atoms with Gasteiger partial charge in [0.25, 0.3) is 0 Å². The lowest BCUT2D eigenvalue weighted by molar-refractivity contribution is 0.228. The molecule has 1 aromatic heterocycles. The van der Waals surface area contributed by atoms with Gasteiger partial charge in [-0.05, 0) is 43.9 Å². The van der Waals surface area contributed by atoms with E-state index in [0.29, 0.717) is 11.9 Å². The largest absolute Gasteiger partial charge is 0.384 e. The summed E-state index contributed by atoms with van der Waals surface area (Å²) in [7, 11) is 0. The van der Waals surface area contributed by atoms with Crippen LogP contribution < -0.4 is 5.73 Å². The van der Waals surface area contributed by atoms with Gasteiger partial charge in [0.1, 0.15) is 5.82 Å². The van der Waals surface area contributed by atoms with Crippen LogP contribution in [-0.2, 0) is 0 Å². The second kappa shape index (κ2) is 5.05. The lowest BCUT2D eigenvalue weighted by atomic mass is 10.0. The molecular formula is C14H23N3. The van der Waals surface area contributed by atoms with Crippen molar-refractivity contribution < 1.29 is 0 Å². The van der Waals surface area contributed by atoms with Crippen LogP contribution >= 0.6 is 0 Å². The Balaban J connectivity index is 2.20. The van der Waals surface area contributed by atoms with Gasteiger partial charge in [0, 0.05) is 18.3 Å². The van der Waals surface area contributed by atoms with Gasteiger partial charge in [0.2, 0.25) is 0 Å². The predicted octanol–water partition coefficient (Wildman–Crippen LogP) is 2.77. The molecule has 0 saturated carbocycles. The van der Waals surface area contributed by atoms with Gasteiger partial charge in [-0.15, -0.1) is 0 Å². The third-order valence-electron chi connectivity index (χ3n) is 3.47. The van der Waals surface area contributed by atoms with E-state index in [1.807, 2.05) is 6.07 Å². The second-order valence-electron chi connectivity index (χ2n) is 5.46. The molecule has 17 heavy (non-hydrogen) atoms. The zero-order valence-electron chi connectivity index (χ0n) is 11.1. The first kappa shape index (κ1) is 12.4. The van der Waals surface area contributed by atoms with E-state index in [1.54, 1.807) is 0 Å². The van der Waals surface area contributed by atoms with Crippen LogP contribution in [0, 0.1) is 12.8 Å². The van der Waals surface area contributed by atoms with E-state index in [4.69, 9.17) is 5.73 Å². The van der Waals surface area contributed by atoms with Crippen molar-refractivity contribution in [3.63, 3.8) is 0 Å². The van der Waals surface area contributed by atoms with E-state index < -0.39 is 0 Å². The molecule has 2 rings (SSSR count). The first-order valence-corrected chi connectivity index (χ1v) is 6.55. The molecule has 2 N–H and O–H groups in total. The molecule has 0 aliphatic carbocycles. The van der Waals surface area contributed by atoms with Crippen LogP contribution in [-0.4, -0.2) is 23.0 Å². The van der Waals surface area contributed by atoms with Crippen LogP contribution in [0.3, 0.4) is 0 Å². The molecule has 1 saturated heterocycles. The van der Waals surface area contributed by atoms with Crippen molar-refractivity contribution >= 4 is 5.82 Å². The maximum Gasteiger partial charge on any atom is 0.123 e. The highest BCUT2D eigenvalue weighted by atomic mass is 15.2. The van der Waals surface area contributed by atoms with Crippen molar-refractivity contribution in [1.29, 1.82) is 0 Å². The lowest BCUT2D eigenvalue weighted by Crippen LogP contribution is -2.28. The average Bonchev–Trinajstić information content (AvgIpc) is 2.65.